The Morgan fingerprint density at radius 3 is 2.66 bits per heavy atom. The fraction of sp³-hybridized carbons (Fsp3) is 0.625. The summed E-state index contributed by atoms with van der Waals surface area (Å²) in [6.07, 6.45) is 5.62. The molecule has 3 heterocycles. The van der Waals surface area contributed by atoms with Crippen LogP contribution in [0.15, 0.2) is 18.2 Å². The van der Waals surface area contributed by atoms with E-state index in [4.69, 9.17) is 4.74 Å². The summed E-state index contributed by atoms with van der Waals surface area (Å²) in [5, 5.41) is 2.89. The maximum atomic E-state index is 13.4. The summed E-state index contributed by atoms with van der Waals surface area (Å²) in [4.78, 5) is 44.6. The number of carbonyl (C=O) groups is 3. The zero-order valence-electron chi connectivity index (χ0n) is 19.0. The van der Waals surface area contributed by atoms with Crippen molar-refractivity contribution in [2.45, 2.75) is 51.5 Å². The van der Waals surface area contributed by atoms with Crippen LogP contribution in [0.1, 0.15) is 55.8 Å². The zero-order chi connectivity index (χ0) is 22.5. The van der Waals surface area contributed by atoms with E-state index in [0.29, 0.717) is 31.0 Å². The number of nitrogens with zero attached hydrogens (tertiary/aromatic N) is 3. The quantitative estimate of drug-likeness (QED) is 0.624. The van der Waals surface area contributed by atoms with Gasteiger partial charge in [0.2, 0.25) is 11.8 Å². The molecule has 2 saturated heterocycles. The summed E-state index contributed by atoms with van der Waals surface area (Å²) in [5.74, 6) is -0.243. The van der Waals surface area contributed by atoms with Crippen LogP contribution in [0, 0.1) is 0 Å². The molecule has 0 aromatic heterocycles. The third-order valence-corrected chi connectivity index (χ3v) is 6.56. The first-order chi connectivity index (χ1) is 15.6. The fourth-order valence-corrected chi connectivity index (χ4v) is 4.90. The summed E-state index contributed by atoms with van der Waals surface area (Å²) in [5.41, 5.74) is 2.19. The minimum Gasteiger partial charge on any atom is -0.382 e. The van der Waals surface area contributed by atoms with E-state index in [1.54, 1.807) is 11.0 Å². The lowest BCUT2D eigenvalue weighted by molar-refractivity contribution is -0.125. The Bertz CT molecular complexity index is 852. The SMILES string of the molecule is CCOCCCNC(=O)CN1C(=O)[C@H]2CCCCN2c2ccc(C(=O)N3CCCC3)cc21. The van der Waals surface area contributed by atoms with E-state index in [1.807, 2.05) is 24.0 Å². The predicted molar refractivity (Wildman–Crippen MR) is 123 cm³/mol. The molecule has 1 N–H and O–H groups in total. The topological polar surface area (TPSA) is 82.2 Å². The summed E-state index contributed by atoms with van der Waals surface area (Å²) in [6.45, 7) is 6.04. The first kappa shape index (κ1) is 22.6. The third kappa shape index (κ3) is 4.75. The molecule has 3 aliphatic rings. The van der Waals surface area contributed by atoms with E-state index >= 15 is 0 Å². The molecule has 0 bridgehead atoms. The largest absolute Gasteiger partial charge is 0.382 e. The predicted octanol–water partition coefficient (Wildman–Crippen LogP) is 2.17. The maximum absolute atomic E-state index is 13.4. The minimum absolute atomic E-state index is 0.00107. The number of carbonyl (C=O) groups excluding carboxylic acids is 3. The van der Waals surface area contributed by atoms with Crippen LogP contribution in [-0.2, 0) is 14.3 Å². The van der Waals surface area contributed by atoms with Crippen LogP contribution in [0.5, 0.6) is 0 Å². The zero-order valence-corrected chi connectivity index (χ0v) is 19.0. The molecule has 0 unspecified atom stereocenters. The van der Waals surface area contributed by atoms with Gasteiger partial charge in [-0.1, -0.05) is 0 Å². The smallest absolute Gasteiger partial charge is 0.253 e. The summed E-state index contributed by atoms with van der Waals surface area (Å²) >= 11 is 0. The van der Waals surface area contributed by atoms with Crippen LogP contribution in [0.2, 0.25) is 0 Å². The van der Waals surface area contributed by atoms with Crippen LogP contribution in [-0.4, -0.2) is 74.6 Å². The minimum atomic E-state index is -0.234. The number of ether oxygens (including phenoxy) is 1. The van der Waals surface area contributed by atoms with Gasteiger partial charge in [-0.05, 0) is 63.6 Å². The van der Waals surface area contributed by atoms with Crippen LogP contribution >= 0.6 is 0 Å². The Hall–Kier alpha value is -2.61. The van der Waals surface area contributed by atoms with Crippen molar-refractivity contribution in [2.75, 3.05) is 55.7 Å². The molecule has 8 heteroatoms. The molecule has 3 amide bonds. The molecule has 0 saturated carbocycles. The van der Waals surface area contributed by atoms with Gasteiger partial charge in [-0.3, -0.25) is 19.3 Å². The number of hydrogen-bond acceptors (Lipinski definition) is 5. The van der Waals surface area contributed by atoms with Crippen molar-refractivity contribution in [3.63, 3.8) is 0 Å². The Kier molecular flexibility index (Phi) is 7.29. The van der Waals surface area contributed by atoms with E-state index in [-0.39, 0.29) is 30.3 Å². The number of hydrogen-bond donors (Lipinski definition) is 1. The van der Waals surface area contributed by atoms with Crippen molar-refractivity contribution in [3.8, 4) is 0 Å². The first-order valence-corrected chi connectivity index (χ1v) is 12.0. The van der Waals surface area contributed by atoms with E-state index in [9.17, 15) is 14.4 Å². The number of likely N-dealkylation sites (tertiary alicyclic amines) is 1. The maximum Gasteiger partial charge on any atom is 0.253 e. The summed E-state index contributed by atoms with van der Waals surface area (Å²) < 4.78 is 5.31. The van der Waals surface area contributed by atoms with Gasteiger partial charge in [0, 0.05) is 45.0 Å². The van der Waals surface area contributed by atoms with E-state index in [0.717, 1.165) is 63.8 Å². The van der Waals surface area contributed by atoms with Gasteiger partial charge in [0.25, 0.3) is 5.91 Å². The van der Waals surface area contributed by atoms with Gasteiger partial charge in [-0.25, -0.2) is 0 Å². The average molecular weight is 443 g/mol. The normalized spacial score (nSPS) is 20.2. The molecule has 0 spiro atoms. The monoisotopic (exact) mass is 442 g/mol. The molecule has 3 aliphatic heterocycles. The molecule has 0 radical (unpaired) electrons. The third-order valence-electron chi connectivity index (χ3n) is 6.56. The first-order valence-electron chi connectivity index (χ1n) is 12.0. The van der Waals surface area contributed by atoms with Gasteiger partial charge < -0.3 is 19.9 Å². The molecule has 1 aromatic rings. The highest BCUT2D eigenvalue weighted by Crippen LogP contribution is 2.40. The number of piperidine rings is 1. The molecule has 8 nitrogen and oxygen atoms in total. The van der Waals surface area contributed by atoms with Crippen molar-refractivity contribution in [1.29, 1.82) is 0 Å². The Labute approximate surface area is 189 Å². The number of nitrogens with one attached hydrogen (secondary N) is 1. The van der Waals surface area contributed by atoms with Gasteiger partial charge in [-0.2, -0.15) is 0 Å². The second-order valence-corrected chi connectivity index (χ2v) is 8.73. The molecule has 2 fully saturated rings. The van der Waals surface area contributed by atoms with E-state index < -0.39 is 0 Å². The highest BCUT2D eigenvalue weighted by atomic mass is 16.5. The number of amides is 3. The Balaban J connectivity index is 1.55. The highest BCUT2D eigenvalue weighted by Gasteiger charge is 2.40. The molecule has 1 aromatic carbocycles. The van der Waals surface area contributed by atoms with Crippen molar-refractivity contribution >= 4 is 29.1 Å². The van der Waals surface area contributed by atoms with Crippen LogP contribution in [0.4, 0.5) is 11.4 Å². The summed E-state index contributed by atoms with van der Waals surface area (Å²) in [6, 6.07) is 5.40. The fourth-order valence-electron chi connectivity index (χ4n) is 4.90. The molecule has 0 aliphatic carbocycles. The Morgan fingerprint density at radius 2 is 1.88 bits per heavy atom. The lowest BCUT2D eigenvalue weighted by Crippen LogP contribution is -2.57. The summed E-state index contributed by atoms with van der Waals surface area (Å²) in [7, 11) is 0. The highest BCUT2D eigenvalue weighted by molar-refractivity contribution is 6.09. The number of benzene rings is 1. The van der Waals surface area contributed by atoms with Crippen molar-refractivity contribution in [3.05, 3.63) is 23.8 Å². The molecular weight excluding hydrogens is 408 g/mol. The molecule has 174 valence electrons. The number of rotatable bonds is 8. The van der Waals surface area contributed by atoms with Crippen molar-refractivity contribution in [2.24, 2.45) is 0 Å². The molecule has 32 heavy (non-hydrogen) atoms. The van der Waals surface area contributed by atoms with Crippen molar-refractivity contribution in [1.82, 2.24) is 10.2 Å². The van der Waals surface area contributed by atoms with Crippen LogP contribution in [0.25, 0.3) is 0 Å². The number of anilines is 2. The van der Waals surface area contributed by atoms with Gasteiger partial charge in [0.05, 0.1) is 11.4 Å². The van der Waals surface area contributed by atoms with E-state index in [1.165, 1.54) is 0 Å². The molecular formula is C24H34N4O4. The van der Waals surface area contributed by atoms with Gasteiger partial charge in [-0.15, -0.1) is 0 Å². The lowest BCUT2D eigenvalue weighted by atomic mass is 9.95. The molecule has 4 rings (SSSR count). The standard InChI is InChI=1S/C24H34N4O4/c1-2-32-15-7-11-25-22(29)17-28-21-16-18(23(30)26-12-5-6-13-26)9-10-19(21)27-14-4-3-8-20(27)24(28)31/h9-10,16,20H,2-8,11-15,17H2,1H3,(H,25,29)/t20-/m1/s1. The second kappa shape index (κ2) is 10.3. The average Bonchev–Trinajstić information content (AvgIpc) is 3.36. The lowest BCUT2D eigenvalue weighted by Gasteiger charge is -2.45. The Morgan fingerprint density at radius 1 is 1.09 bits per heavy atom. The van der Waals surface area contributed by atoms with Gasteiger partial charge in [0.15, 0.2) is 0 Å². The van der Waals surface area contributed by atoms with E-state index in [2.05, 4.69) is 10.2 Å². The van der Waals surface area contributed by atoms with Crippen LogP contribution < -0.4 is 15.1 Å². The van der Waals surface area contributed by atoms with Gasteiger partial charge in [0.1, 0.15) is 12.6 Å². The second-order valence-electron chi connectivity index (χ2n) is 8.73. The van der Waals surface area contributed by atoms with Crippen LogP contribution in [0.3, 0.4) is 0 Å². The van der Waals surface area contributed by atoms with Crippen molar-refractivity contribution < 1.29 is 19.1 Å². The van der Waals surface area contributed by atoms with Gasteiger partial charge >= 0.3 is 0 Å². The molecule has 1 atom stereocenters. The number of fused-ring (bicyclic) bond motifs is 3.